The highest BCUT2D eigenvalue weighted by Crippen LogP contribution is 2.16. The molecule has 0 aromatic heterocycles. The Kier molecular flexibility index (Phi) is 9.94. The maximum Gasteiger partial charge on any atom is 0.333 e. The second-order valence-electron chi connectivity index (χ2n) is 5.88. The molecule has 0 saturated heterocycles. The van der Waals surface area contributed by atoms with Gasteiger partial charge < -0.3 is 15.0 Å². The van der Waals surface area contributed by atoms with Crippen LogP contribution in [0.4, 0.5) is 0 Å². The van der Waals surface area contributed by atoms with Crippen LogP contribution in [-0.4, -0.2) is 48.9 Å². The van der Waals surface area contributed by atoms with E-state index in [0.717, 1.165) is 6.42 Å². The standard InChI is InChI=1S/C17H30N2O4/c1-7-9-14(18-11-20)16(21)19(6)15(12(3)4)10-13(5)17(22)23-8-2/h10-12,14-15H,7-9H2,1-6H3,(H,18,20)/t14-,15-/m1/s1. The first-order valence-corrected chi connectivity index (χ1v) is 8.11. The summed E-state index contributed by atoms with van der Waals surface area (Å²) in [7, 11) is 1.69. The Labute approximate surface area is 139 Å². The van der Waals surface area contributed by atoms with Gasteiger partial charge in [-0.3, -0.25) is 9.59 Å². The molecule has 0 bridgehead atoms. The fourth-order valence-corrected chi connectivity index (χ4v) is 2.36. The highest BCUT2D eigenvalue weighted by molar-refractivity contribution is 5.88. The van der Waals surface area contributed by atoms with Gasteiger partial charge in [-0.05, 0) is 26.2 Å². The van der Waals surface area contributed by atoms with Crippen molar-refractivity contribution < 1.29 is 19.1 Å². The second-order valence-corrected chi connectivity index (χ2v) is 5.88. The molecule has 0 heterocycles. The normalized spacial score (nSPS) is 14.1. The summed E-state index contributed by atoms with van der Waals surface area (Å²) in [4.78, 5) is 36.7. The van der Waals surface area contributed by atoms with Crippen molar-refractivity contribution in [1.82, 2.24) is 10.2 Å². The Hall–Kier alpha value is -1.85. The Balaban J connectivity index is 5.28. The summed E-state index contributed by atoms with van der Waals surface area (Å²) in [5.41, 5.74) is 0.473. The number of likely N-dealkylation sites (N-methyl/N-ethyl adjacent to an activating group) is 1. The van der Waals surface area contributed by atoms with Gasteiger partial charge in [0.15, 0.2) is 0 Å². The van der Waals surface area contributed by atoms with E-state index in [-0.39, 0.29) is 23.8 Å². The minimum atomic E-state index is -0.542. The van der Waals surface area contributed by atoms with Crippen LogP contribution in [-0.2, 0) is 19.1 Å². The quantitative estimate of drug-likeness (QED) is 0.378. The number of rotatable bonds is 10. The lowest BCUT2D eigenvalue weighted by atomic mass is 9.99. The third-order valence-electron chi connectivity index (χ3n) is 3.64. The van der Waals surface area contributed by atoms with Crippen LogP contribution in [0.15, 0.2) is 11.6 Å². The number of esters is 1. The zero-order chi connectivity index (χ0) is 18.0. The zero-order valence-electron chi connectivity index (χ0n) is 15.1. The molecule has 0 saturated carbocycles. The van der Waals surface area contributed by atoms with Crippen LogP contribution in [0.3, 0.4) is 0 Å². The van der Waals surface area contributed by atoms with E-state index in [2.05, 4.69) is 5.32 Å². The third kappa shape index (κ3) is 6.84. The maximum absolute atomic E-state index is 12.6. The van der Waals surface area contributed by atoms with E-state index in [1.54, 1.807) is 31.9 Å². The predicted octanol–water partition coefficient (Wildman–Crippen LogP) is 1.89. The smallest absolute Gasteiger partial charge is 0.333 e. The number of carbonyl (C=O) groups excluding carboxylic acids is 3. The first kappa shape index (κ1) is 21.1. The number of hydrogen-bond donors (Lipinski definition) is 1. The Morgan fingerprint density at radius 1 is 1.26 bits per heavy atom. The number of nitrogens with zero attached hydrogens (tertiary/aromatic N) is 1. The van der Waals surface area contributed by atoms with Gasteiger partial charge in [0.1, 0.15) is 6.04 Å². The molecule has 0 aromatic carbocycles. The van der Waals surface area contributed by atoms with E-state index in [1.807, 2.05) is 20.8 Å². The zero-order valence-corrected chi connectivity index (χ0v) is 15.1. The first-order chi connectivity index (χ1) is 10.8. The third-order valence-corrected chi connectivity index (χ3v) is 3.64. The van der Waals surface area contributed by atoms with Crippen molar-refractivity contribution in [3.63, 3.8) is 0 Å². The summed E-state index contributed by atoms with van der Waals surface area (Å²) in [6, 6.07) is -0.792. The molecule has 2 atom stereocenters. The molecule has 0 aliphatic rings. The molecule has 0 spiro atoms. The van der Waals surface area contributed by atoms with Gasteiger partial charge >= 0.3 is 5.97 Å². The Bertz CT molecular complexity index is 432. The van der Waals surface area contributed by atoms with Crippen LogP contribution in [0.25, 0.3) is 0 Å². The molecule has 23 heavy (non-hydrogen) atoms. The molecule has 1 N–H and O–H groups in total. The first-order valence-electron chi connectivity index (χ1n) is 8.11. The maximum atomic E-state index is 12.6. The molecule has 132 valence electrons. The molecular weight excluding hydrogens is 296 g/mol. The Morgan fingerprint density at radius 3 is 2.30 bits per heavy atom. The largest absolute Gasteiger partial charge is 0.463 e. The van der Waals surface area contributed by atoms with Crippen molar-refractivity contribution in [3.05, 3.63) is 11.6 Å². The molecule has 0 aliphatic carbocycles. The van der Waals surface area contributed by atoms with Gasteiger partial charge in [-0.1, -0.05) is 33.3 Å². The van der Waals surface area contributed by atoms with Crippen molar-refractivity contribution in [2.45, 2.75) is 59.5 Å². The number of amides is 2. The van der Waals surface area contributed by atoms with Crippen molar-refractivity contribution in [2.24, 2.45) is 5.92 Å². The fourth-order valence-electron chi connectivity index (χ4n) is 2.36. The van der Waals surface area contributed by atoms with E-state index >= 15 is 0 Å². The summed E-state index contributed by atoms with van der Waals surface area (Å²) < 4.78 is 4.98. The summed E-state index contributed by atoms with van der Waals surface area (Å²) in [5.74, 6) is -0.424. The van der Waals surface area contributed by atoms with Crippen LogP contribution < -0.4 is 5.32 Å². The topological polar surface area (TPSA) is 75.7 Å². The van der Waals surface area contributed by atoms with Crippen LogP contribution in [0, 0.1) is 5.92 Å². The second kappa shape index (κ2) is 10.8. The van der Waals surface area contributed by atoms with E-state index in [4.69, 9.17) is 4.74 Å². The van der Waals surface area contributed by atoms with Crippen molar-refractivity contribution in [3.8, 4) is 0 Å². The molecule has 0 aromatic rings. The summed E-state index contributed by atoms with van der Waals surface area (Å²) in [6.45, 7) is 9.65. The lowest BCUT2D eigenvalue weighted by Crippen LogP contribution is -2.49. The van der Waals surface area contributed by atoms with E-state index in [0.29, 0.717) is 25.0 Å². The molecule has 0 rings (SSSR count). The average Bonchev–Trinajstić information content (AvgIpc) is 2.50. The van der Waals surface area contributed by atoms with E-state index < -0.39 is 6.04 Å². The minimum Gasteiger partial charge on any atom is -0.463 e. The lowest BCUT2D eigenvalue weighted by Gasteiger charge is -2.32. The van der Waals surface area contributed by atoms with Crippen molar-refractivity contribution in [2.75, 3.05) is 13.7 Å². The van der Waals surface area contributed by atoms with Crippen LogP contribution in [0.1, 0.15) is 47.5 Å². The van der Waals surface area contributed by atoms with Gasteiger partial charge in [-0.25, -0.2) is 4.79 Å². The minimum absolute atomic E-state index is 0.117. The number of nitrogens with one attached hydrogen (secondary N) is 1. The van der Waals surface area contributed by atoms with Crippen molar-refractivity contribution >= 4 is 18.3 Å². The van der Waals surface area contributed by atoms with Crippen LogP contribution >= 0.6 is 0 Å². The van der Waals surface area contributed by atoms with E-state index in [1.165, 1.54) is 0 Å². The average molecular weight is 326 g/mol. The molecule has 6 heteroatoms. The summed E-state index contributed by atoms with van der Waals surface area (Å²) >= 11 is 0. The highest BCUT2D eigenvalue weighted by Gasteiger charge is 2.27. The number of hydrogen-bond acceptors (Lipinski definition) is 4. The van der Waals surface area contributed by atoms with Gasteiger partial charge in [0.2, 0.25) is 12.3 Å². The van der Waals surface area contributed by atoms with Gasteiger partial charge in [0.25, 0.3) is 0 Å². The molecule has 0 aliphatic heterocycles. The molecule has 0 unspecified atom stereocenters. The van der Waals surface area contributed by atoms with Crippen molar-refractivity contribution in [1.29, 1.82) is 0 Å². The molecule has 6 nitrogen and oxygen atoms in total. The van der Waals surface area contributed by atoms with Gasteiger partial charge in [0, 0.05) is 12.6 Å². The van der Waals surface area contributed by atoms with Gasteiger partial charge in [-0.2, -0.15) is 0 Å². The summed E-state index contributed by atoms with van der Waals surface area (Å²) in [5, 5.41) is 2.57. The number of ether oxygens (including phenoxy) is 1. The fraction of sp³-hybridized carbons (Fsp3) is 0.706. The predicted molar refractivity (Wildman–Crippen MR) is 89.7 cm³/mol. The number of carbonyl (C=O) groups is 3. The molecule has 0 radical (unpaired) electrons. The van der Waals surface area contributed by atoms with Crippen LogP contribution in [0.2, 0.25) is 0 Å². The molecule has 2 amide bonds. The monoisotopic (exact) mass is 326 g/mol. The SMILES string of the molecule is CCC[C@@H](NC=O)C(=O)N(C)[C@H](C=C(C)C(=O)OCC)C(C)C. The molecular formula is C17H30N2O4. The Morgan fingerprint density at radius 2 is 1.87 bits per heavy atom. The van der Waals surface area contributed by atoms with E-state index in [9.17, 15) is 14.4 Å². The molecule has 0 fully saturated rings. The summed E-state index contributed by atoms with van der Waals surface area (Å²) in [6.07, 6.45) is 3.67. The van der Waals surface area contributed by atoms with Gasteiger partial charge in [-0.15, -0.1) is 0 Å². The van der Waals surface area contributed by atoms with Crippen LogP contribution in [0.5, 0.6) is 0 Å². The highest BCUT2D eigenvalue weighted by atomic mass is 16.5. The lowest BCUT2D eigenvalue weighted by molar-refractivity contribution is -0.139. The van der Waals surface area contributed by atoms with Gasteiger partial charge in [0.05, 0.1) is 12.6 Å².